The van der Waals surface area contributed by atoms with Crippen LogP contribution < -0.4 is 59.1 Å². The van der Waals surface area contributed by atoms with Crippen molar-refractivity contribution < 1.29 is 103 Å². The first-order chi connectivity index (χ1) is 10.2. The summed E-state index contributed by atoms with van der Waals surface area (Å²) >= 11 is 0. The average Bonchev–Trinajstić information content (AvgIpc) is 2.32. The molecule has 0 aliphatic rings. The van der Waals surface area contributed by atoms with Crippen LogP contribution in [0.1, 0.15) is 0 Å². The van der Waals surface area contributed by atoms with Crippen molar-refractivity contribution in [2.24, 2.45) is 0 Å². The molecule has 10 nitrogen and oxygen atoms in total. The molecule has 0 bridgehead atoms. The Hall–Kier alpha value is 0.230. The molecule has 0 saturated heterocycles. The minimum Gasteiger partial charge on any atom is -0.744 e. The van der Waals surface area contributed by atoms with E-state index < -0.39 is 61.6 Å². The van der Waals surface area contributed by atoms with Gasteiger partial charge < -0.3 is 14.2 Å². The molecule has 0 amide bonds. The van der Waals surface area contributed by atoms with Crippen LogP contribution in [0.4, 0.5) is 0 Å². The fourth-order valence-electron chi connectivity index (χ4n) is 1.88. The Kier molecular flexibility index (Phi) is 8.15. The number of hydrogen-bond acceptors (Lipinski definition) is 9. The van der Waals surface area contributed by atoms with Crippen LogP contribution in [-0.2, 0) is 30.4 Å². The summed E-state index contributed by atoms with van der Waals surface area (Å²) in [4.78, 5) is -3.28. The van der Waals surface area contributed by atoms with Gasteiger partial charge in [-0.25, -0.2) is 16.8 Å². The molecule has 2 N–H and O–H groups in total. The first-order valence-corrected chi connectivity index (χ1v) is 9.67. The summed E-state index contributed by atoms with van der Waals surface area (Å²) in [6.07, 6.45) is 0. The maximum absolute atomic E-state index is 11.2. The van der Waals surface area contributed by atoms with Gasteiger partial charge in [0.25, 0.3) is 10.1 Å². The number of phenolic OH excluding ortho intramolecular Hbond substituents is 1. The SMILES string of the molecule is O=S(=O)([O-])c1cc(S(=O)(=O)[O-])c2cc(O)c(S(=O)(=O)O)cc2c1.[Na+].[Na+]. The summed E-state index contributed by atoms with van der Waals surface area (Å²) in [5.74, 6) is -1.07. The maximum atomic E-state index is 11.2. The number of rotatable bonds is 3. The van der Waals surface area contributed by atoms with Crippen LogP contribution in [0, 0.1) is 0 Å². The predicted molar refractivity (Wildman–Crippen MR) is 71.4 cm³/mol. The molecule has 25 heavy (non-hydrogen) atoms. The molecule has 0 saturated carbocycles. The Labute approximate surface area is 187 Å². The molecule has 0 fully saturated rings. The van der Waals surface area contributed by atoms with E-state index in [-0.39, 0.29) is 59.1 Å². The van der Waals surface area contributed by atoms with Gasteiger partial charge in [0, 0.05) is 5.39 Å². The van der Waals surface area contributed by atoms with Crippen LogP contribution in [0.5, 0.6) is 5.75 Å². The molecule has 126 valence electrons. The van der Waals surface area contributed by atoms with E-state index in [4.69, 9.17) is 4.55 Å². The summed E-state index contributed by atoms with van der Waals surface area (Å²) in [6.45, 7) is 0. The van der Waals surface area contributed by atoms with E-state index in [0.717, 1.165) is 0 Å². The molecule has 2 aromatic carbocycles. The van der Waals surface area contributed by atoms with E-state index in [1.165, 1.54) is 0 Å². The van der Waals surface area contributed by atoms with Gasteiger partial charge in [0.15, 0.2) is 0 Å². The van der Waals surface area contributed by atoms with Crippen molar-refractivity contribution in [2.45, 2.75) is 14.7 Å². The van der Waals surface area contributed by atoms with Crippen molar-refractivity contribution in [3.05, 3.63) is 24.3 Å². The van der Waals surface area contributed by atoms with E-state index in [0.29, 0.717) is 24.3 Å². The molecule has 0 aliphatic heterocycles. The van der Waals surface area contributed by atoms with E-state index >= 15 is 0 Å². The number of phenols is 1. The molecule has 0 unspecified atom stereocenters. The molecule has 0 aromatic heterocycles. The molecule has 15 heteroatoms. The Morgan fingerprint density at radius 1 is 0.760 bits per heavy atom. The number of aromatic hydroxyl groups is 1. The molecule has 0 radical (unpaired) electrons. The van der Waals surface area contributed by atoms with Gasteiger partial charge in [-0.3, -0.25) is 4.55 Å². The van der Waals surface area contributed by atoms with Crippen LogP contribution in [0.15, 0.2) is 39.0 Å². The minimum absolute atomic E-state index is 0. The van der Waals surface area contributed by atoms with Crippen LogP contribution in [0.2, 0.25) is 0 Å². The Bertz CT molecular complexity index is 1140. The molecular formula is C10H6Na2O10S3. The molecule has 0 spiro atoms. The van der Waals surface area contributed by atoms with Gasteiger partial charge in [-0.05, 0) is 29.7 Å². The first-order valence-electron chi connectivity index (χ1n) is 5.41. The first kappa shape index (κ1) is 25.2. The van der Waals surface area contributed by atoms with Crippen molar-refractivity contribution in [1.82, 2.24) is 0 Å². The van der Waals surface area contributed by atoms with Crippen LogP contribution in [0.25, 0.3) is 10.8 Å². The normalized spacial score (nSPS) is 12.3. The second-order valence-electron chi connectivity index (χ2n) is 4.35. The number of benzene rings is 2. The summed E-state index contributed by atoms with van der Waals surface area (Å²) in [6, 6.07) is 1.99. The fraction of sp³-hybridized carbons (Fsp3) is 0. The Balaban J connectivity index is 0.00000288. The van der Waals surface area contributed by atoms with Crippen molar-refractivity contribution >= 4 is 41.1 Å². The predicted octanol–water partition coefficient (Wildman–Crippen LogP) is -6.39. The zero-order chi connectivity index (χ0) is 17.8. The van der Waals surface area contributed by atoms with E-state index in [9.17, 15) is 39.5 Å². The van der Waals surface area contributed by atoms with Crippen molar-refractivity contribution in [1.29, 1.82) is 0 Å². The molecular weight excluding hydrogens is 422 g/mol. The zero-order valence-electron chi connectivity index (χ0n) is 12.7. The van der Waals surface area contributed by atoms with Crippen molar-refractivity contribution in [2.75, 3.05) is 0 Å². The van der Waals surface area contributed by atoms with Gasteiger partial charge >= 0.3 is 59.1 Å². The van der Waals surface area contributed by atoms with Crippen LogP contribution >= 0.6 is 0 Å². The van der Waals surface area contributed by atoms with Crippen molar-refractivity contribution in [3.63, 3.8) is 0 Å². The fourth-order valence-corrected chi connectivity index (χ4v) is 3.80. The Morgan fingerprint density at radius 3 is 1.68 bits per heavy atom. The minimum atomic E-state index is -5.25. The van der Waals surface area contributed by atoms with E-state index in [1.54, 1.807) is 0 Å². The van der Waals surface area contributed by atoms with E-state index in [1.807, 2.05) is 0 Å². The third kappa shape index (κ3) is 5.60. The third-order valence-corrected chi connectivity index (χ3v) is 5.38. The molecule has 2 aromatic rings. The largest absolute Gasteiger partial charge is 1.00 e. The number of hydrogen-bond donors (Lipinski definition) is 2. The zero-order valence-corrected chi connectivity index (χ0v) is 19.1. The summed E-state index contributed by atoms with van der Waals surface area (Å²) in [5.41, 5.74) is 0. The van der Waals surface area contributed by atoms with Crippen molar-refractivity contribution in [3.8, 4) is 5.75 Å². The topological polar surface area (TPSA) is 189 Å². The Morgan fingerprint density at radius 2 is 1.28 bits per heavy atom. The molecule has 2 rings (SSSR count). The summed E-state index contributed by atoms with van der Waals surface area (Å²) in [5, 5.41) is 8.56. The smallest absolute Gasteiger partial charge is 0.744 e. The standard InChI is InChI=1S/C10H8O10S3.2Na/c11-8-4-7-5(2-10(8)23(18,19)20)1-6(21(12,13)14)3-9(7)22(15,16)17;;/h1-4,11H,(H,12,13,14)(H,15,16,17)(H,18,19,20);;/q;2*+1/p-2. The third-order valence-electron chi connectivity index (χ3n) is 2.80. The van der Waals surface area contributed by atoms with E-state index in [2.05, 4.69) is 0 Å². The molecule has 0 atom stereocenters. The van der Waals surface area contributed by atoms with Gasteiger partial charge in [0.1, 0.15) is 30.9 Å². The number of fused-ring (bicyclic) bond motifs is 1. The van der Waals surface area contributed by atoms with Gasteiger partial charge in [-0.15, -0.1) is 0 Å². The van der Waals surface area contributed by atoms with Gasteiger partial charge in [0.2, 0.25) is 0 Å². The van der Waals surface area contributed by atoms with Crippen LogP contribution in [-0.4, -0.2) is 44.0 Å². The van der Waals surface area contributed by atoms with Gasteiger partial charge in [-0.1, -0.05) is 0 Å². The second-order valence-corrected chi connectivity index (χ2v) is 8.46. The summed E-state index contributed by atoms with van der Waals surface area (Å²) < 4.78 is 97.9. The monoisotopic (exact) mass is 428 g/mol. The molecule has 0 aliphatic carbocycles. The average molecular weight is 428 g/mol. The van der Waals surface area contributed by atoms with Gasteiger partial charge in [-0.2, -0.15) is 8.42 Å². The quantitative estimate of drug-likeness (QED) is 0.351. The van der Waals surface area contributed by atoms with Crippen LogP contribution in [0.3, 0.4) is 0 Å². The second kappa shape index (κ2) is 8.08. The summed E-state index contributed by atoms with van der Waals surface area (Å²) in [7, 11) is -15.3. The maximum Gasteiger partial charge on any atom is 1.00 e. The molecule has 0 heterocycles. The van der Waals surface area contributed by atoms with Gasteiger partial charge in [0.05, 0.1) is 9.79 Å².